The predicted octanol–water partition coefficient (Wildman–Crippen LogP) is 1.16. The molecule has 0 amide bonds. The minimum atomic E-state index is -3.74. The van der Waals surface area contributed by atoms with Gasteiger partial charge in [-0.05, 0) is 12.1 Å². The number of halogens is 1. The SMILES string of the molecule is O=S(=O)(NCCn1ccnc1)c1c(Cl)nc2ccccn12. The maximum Gasteiger partial charge on any atom is 0.259 e. The van der Waals surface area contributed by atoms with Gasteiger partial charge in [0.05, 0.1) is 6.33 Å². The van der Waals surface area contributed by atoms with Crippen molar-refractivity contribution in [3.05, 3.63) is 48.3 Å². The lowest BCUT2D eigenvalue weighted by Gasteiger charge is -2.07. The van der Waals surface area contributed by atoms with Gasteiger partial charge in [0.25, 0.3) is 10.0 Å². The summed E-state index contributed by atoms with van der Waals surface area (Å²) in [5.74, 6) is 0. The second-order valence-electron chi connectivity index (χ2n) is 4.33. The largest absolute Gasteiger partial charge is 0.336 e. The lowest BCUT2D eigenvalue weighted by Crippen LogP contribution is -2.28. The van der Waals surface area contributed by atoms with Gasteiger partial charge in [0.15, 0.2) is 10.2 Å². The number of rotatable bonds is 5. The molecule has 3 heterocycles. The first kappa shape index (κ1) is 14.1. The summed E-state index contributed by atoms with van der Waals surface area (Å²) in [6.45, 7) is 0.711. The molecule has 7 nitrogen and oxygen atoms in total. The van der Waals surface area contributed by atoms with E-state index in [9.17, 15) is 8.42 Å². The van der Waals surface area contributed by atoms with Crippen LogP contribution in [0.4, 0.5) is 0 Å². The van der Waals surface area contributed by atoms with E-state index in [-0.39, 0.29) is 16.7 Å². The Morgan fingerprint density at radius 3 is 2.90 bits per heavy atom. The quantitative estimate of drug-likeness (QED) is 0.763. The Morgan fingerprint density at radius 1 is 1.29 bits per heavy atom. The second-order valence-corrected chi connectivity index (χ2v) is 6.38. The van der Waals surface area contributed by atoms with E-state index in [0.717, 1.165) is 0 Å². The molecule has 0 atom stereocenters. The normalized spacial score (nSPS) is 12.0. The molecule has 0 aliphatic rings. The number of aromatic nitrogens is 4. The third-order valence-electron chi connectivity index (χ3n) is 2.92. The predicted molar refractivity (Wildman–Crippen MR) is 77.6 cm³/mol. The Hall–Kier alpha value is -1.90. The molecule has 1 N–H and O–H groups in total. The molecular weight excluding hydrogens is 314 g/mol. The lowest BCUT2D eigenvalue weighted by atomic mass is 10.5. The summed E-state index contributed by atoms with van der Waals surface area (Å²) >= 11 is 5.96. The van der Waals surface area contributed by atoms with E-state index in [1.54, 1.807) is 47.7 Å². The summed E-state index contributed by atoms with van der Waals surface area (Å²) in [4.78, 5) is 7.92. The van der Waals surface area contributed by atoms with Gasteiger partial charge in [-0.1, -0.05) is 17.7 Å². The van der Waals surface area contributed by atoms with E-state index in [1.807, 2.05) is 0 Å². The summed E-state index contributed by atoms with van der Waals surface area (Å²) in [5.41, 5.74) is 0.484. The maximum atomic E-state index is 12.4. The average molecular weight is 326 g/mol. The topological polar surface area (TPSA) is 81.3 Å². The zero-order valence-electron chi connectivity index (χ0n) is 10.8. The zero-order valence-corrected chi connectivity index (χ0v) is 12.4. The molecule has 0 radical (unpaired) electrons. The molecule has 21 heavy (non-hydrogen) atoms. The Bertz CT molecular complexity index is 857. The monoisotopic (exact) mass is 325 g/mol. The van der Waals surface area contributed by atoms with Crippen LogP contribution in [0.1, 0.15) is 0 Å². The summed E-state index contributed by atoms with van der Waals surface area (Å²) in [7, 11) is -3.74. The molecule has 0 unspecified atom stereocenters. The first-order chi connectivity index (χ1) is 10.1. The number of imidazole rings is 2. The number of hydrogen-bond donors (Lipinski definition) is 1. The van der Waals surface area contributed by atoms with Crippen LogP contribution in [0.5, 0.6) is 0 Å². The molecular formula is C12H12ClN5O2S. The van der Waals surface area contributed by atoms with Crippen molar-refractivity contribution >= 4 is 27.3 Å². The minimum absolute atomic E-state index is 0.0451. The van der Waals surface area contributed by atoms with Gasteiger partial charge < -0.3 is 4.57 Å². The van der Waals surface area contributed by atoms with Gasteiger partial charge in [-0.3, -0.25) is 4.40 Å². The van der Waals surface area contributed by atoms with Crippen LogP contribution in [0.25, 0.3) is 5.65 Å². The van der Waals surface area contributed by atoms with Crippen molar-refractivity contribution in [1.82, 2.24) is 23.7 Å². The highest BCUT2D eigenvalue weighted by Gasteiger charge is 2.23. The van der Waals surface area contributed by atoms with Crippen molar-refractivity contribution in [2.75, 3.05) is 6.54 Å². The van der Waals surface area contributed by atoms with Gasteiger partial charge in [0, 0.05) is 31.7 Å². The molecule has 0 bridgehead atoms. The number of pyridine rings is 1. The standard InChI is InChI=1S/C12H12ClN5O2S/c13-11-12(18-6-2-1-3-10(18)16-11)21(19,20)15-5-8-17-7-4-14-9-17/h1-4,6-7,9,15H,5,8H2. The van der Waals surface area contributed by atoms with Crippen LogP contribution in [0.2, 0.25) is 5.15 Å². The van der Waals surface area contributed by atoms with E-state index in [1.165, 1.54) is 4.40 Å². The van der Waals surface area contributed by atoms with Gasteiger partial charge in [-0.15, -0.1) is 0 Å². The molecule has 0 saturated carbocycles. The van der Waals surface area contributed by atoms with Crippen LogP contribution in [-0.4, -0.2) is 33.9 Å². The molecule has 0 aromatic carbocycles. The minimum Gasteiger partial charge on any atom is -0.336 e. The summed E-state index contributed by atoms with van der Waals surface area (Å²) < 4.78 is 30.5. The number of sulfonamides is 1. The Balaban J connectivity index is 1.84. The zero-order chi connectivity index (χ0) is 14.9. The first-order valence-corrected chi connectivity index (χ1v) is 8.02. The average Bonchev–Trinajstić information content (AvgIpc) is 3.04. The van der Waals surface area contributed by atoms with E-state index >= 15 is 0 Å². The summed E-state index contributed by atoms with van der Waals surface area (Å²) in [6, 6.07) is 5.17. The number of fused-ring (bicyclic) bond motifs is 1. The van der Waals surface area contributed by atoms with Crippen molar-refractivity contribution in [3.8, 4) is 0 Å². The second kappa shape index (κ2) is 5.47. The number of nitrogens with one attached hydrogen (secondary N) is 1. The van der Waals surface area contributed by atoms with Crippen LogP contribution >= 0.6 is 11.6 Å². The molecule has 110 valence electrons. The van der Waals surface area contributed by atoms with E-state index in [4.69, 9.17) is 11.6 Å². The third kappa shape index (κ3) is 2.78. The van der Waals surface area contributed by atoms with Crippen molar-refractivity contribution in [1.29, 1.82) is 0 Å². The van der Waals surface area contributed by atoms with Gasteiger partial charge in [0.2, 0.25) is 0 Å². The van der Waals surface area contributed by atoms with Gasteiger partial charge >= 0.3 is 0 Å². The van der Waals surface area contributed by atoms with Crippen molar-refractivity contribution in [3.63, 3.8) is 0 Å². The van der Waals surface area contributed by atoms with E-state index < -0.39 is 10.0 Å². The molecule has 9 heteroatoms. The van der Waals surface area contributed by atoms with Gasteiger partial charge in [0.1, 0.15) is 5.65 Å². The molecule has 0 saturated heterocycles. The fraction of sp³-hybridized carbons (Fsp3) is 0.167. The molecule has 3 aromatic heterocycles. The van der Waals surface area contributed by atoms with Crippen molar-refractivity contribution < 1.29 is 8.42 Å². The van der Waals surface area contributed by atoms with Crippen molar-refractivity contribution in [2.45, 2.75) is 11.6 Å². The molecule has 0 aliphatic carbocycles. The molecule has 3 rings (SSSR count). The van der Waals surface area contributed by atoms with Crippen LogP contribution in [-0.2, 0) is 16.6 Å². The van der Waals surface area contributed by atoms with Crippen LogP contribution in [0, 0.1) is 0 Å². The lowest BCUT2D eigenvalue weighted by molar-refractivity contribution is 0.568. The summed E-state index contributed by atoms with van der Waals surface area (Å²) in [6.07, 6.45) is 6.62. The van der Waals surface area contributed by atoms with E-state index in [2.05, 4.69) is 14.7 Å². The Kier molecular flexibility index (Phi) is 3.66. The fourth-order valence-electron chi connectivity index (χ4n) is 1.98. The van der Waals surface area contributed by atoms with Crippen LogP contribution in [0.3, 0.4) is 0 Å². The molecule has 3 aromatic rings. The Morgan fingerprint density at radius 2 is 2.14 bits per heavy atom. The van der Waals surface area contributed by atoms with Gasteiger partial charge in [-0.25, -0.2) is 23.1 Å². The van der Waals surface area contributed by atoms with Crippen molar-refractivity contribution in [2.24, 2.45) is 0 Å². The third-order valence-corrected chi connectivity index (χ3v) is 4.78. The first-order valence-electron chi connectivity index (χ1n) is 6.16. The smallest absolute Gasteiger partial charge is 0.259 e. The maximum absolute atomic E-state index is 12.4. The number of nitrogens with zero attached hydrogens (tertiary/aromatic N) is 4. The highest BCUT2D eigenvalue weighted by Crippen LogP contribution is 2.22. The molecule has 0 spiro atoms. The highest BCUT2D eigenvalue weighted by molar-refractivity contribution is 7.89. The fourth-order valence-corrected chi connectivity index (χ4v) is 3.64. The number of hydrogen-bond acceptors (Lipinski definition) is 4. The molecule has 0 aliphatic heterocycles. The van der Waals surface area contributed by atoms with Crippen LogP contribution < -0.4 is 4.72 Å². The van der Waals surface area contributed by atoms with Gasteiger partial charge in [-0.2, -0.15) is 0 Å². The van der Waals surface area contributed by atoms with E-state index in [0.29, 0.717) is 12.2 Å². The summed E-state index contributed by atoms with van der Waals surface area (Å²) in [5, 5.41) is -0.0956. The molecule has 0 fully saturated rings. The van der Waals surface area contributed by atoms with Crippen LogP contribution in [0.15, 0.2) is 48.1 Å². The Labute approximate surface area is 126 Å². The highest BCUT2D eigenvalue weighted by atomic mass is 35.5.